The second kappa shape index (κ2) is 7.42. The highest BCUT2D eigenvalue weighted by atomic mass is 16.5. The molecule has 2 heteroatoms. The quantitative estimate of drug-likeness (QED) is 0.672. The summed E-state index contributed by atoms with van der Waals surface area (Å²) in [6.45, 7) is 4.14. The van der Waals surface area contributed by atoms with Crippen molar-refractivity contribution >= 4 is 0 Å². The van der Waals surface area contributed by atoms with Crippen LogP contribution >= 0.6 is 0 Å². The second-order valence-electron chi connectivity index (χ2n) is 5.31. The molecule has 1 N–H and O–H groups in total. The van der Waals surface area contributed by atoms with Gasteiger partial charge in [-0.3, -0.25) is 0 Å². The fourth-order valence-electron chi connectivity index (χ4n) is 2.07. The Morgan fingerprint density at radius 3 is 2.78 bits per heavy atom. The molecule has 0 amide bonds. The fraction of sp³-hybridized carbons (Fsp3) is 0.625. The van der Waals surface area contributed by atoms with Gasteiger partial charge in [0.1, 0.15) is 5.75 Å². The molecule has 0 aromatic heterocycles. The Balaban J connectivity index is 1.43. The molecule has 1 fully saturated rings. The molecule has 18 heavy (non-hydrogen) atoms. The normalized spacial score (nSPS) is 14.7. The number of unbranched alkanes of at least 4 members (excludes halogenated alkanes) is 3. The molecule has 1 aliphatic carbocycles. The minimum Gasteiger partial charge on any atom is -0.494 e. The molecular formula is C16H25NO. The van der Waals surface area contributed by atoms with Crippen LogP contribution in [0.2, 0.25) is 0 Å². The zero-order valence-corrected chi connectivity index (χ0v) is 11.5. The van der Waals surface area contributed by atoms with Crippen molar-refractivity contribution < 1.29 is 4.74 Å². The van der Waals surface area contributed by atoms with E-state index in [0.717, 1.165) is 24.8 Å². The van der Waals surface area contributed by atoms with Crippen LogP contribution in [0.1, 0.15) is 44.1 Å². The number of benzene rings is 1. The summed E-state index contributed by atoms with van der Waals surface area (Å²) in [5.74, 6) is 1.01. The van der Waals surface area contributed by atoms with Gasteiger partial charge < -0.3 is 10.1 Å². The lowest BCUT2D eigenvalue weighted by molar-refractivity contribution is 0.304. The first kappa shape index (κ1) is 13.4. The van der Waals surface area contributed by atoms with Crippen molar-refractivity contribution in [3.05, 3.63) is 29.8 Å². The van der Waals surface area contributed by atoms with Crippen LogP contribution in [0.3, 0.4) is 0 Å². The van der Waals surface area contributed by atoms with Crippen molar-refractivity contribution in [2.45, 2.75) is 51.5 Å². The van der Waals surface area contributed by atoms with Gasteiger partial charge >= 0.3 is 0 Å². The summed E-state index contributed by atoms with van der Waals surface area (Å²) in [5, 5.41) is 3.55. The van der Waals surface area contributed by atoms with Gasteiger partial charge in [-0.05, 0) is 56.8 Å². The van der Waals surface area contributed by atoms with E-state index in [2.05, 4.69) is 24.4 Å². The lowest BCUT2D eigenvalue weighted by Gasteiger charge is -2.07. The van der Waals surface area contributed by atoms with Crippen LogP contribution in [0.15, 0.2) is 24.3 Å². The maximum atomic E-state index is 5.73. The molecular weight excluding hydrogens is 222 g/mol. The Morgan fingerprint density at radius 2 is 2.00 bits per heavy atom. The van der Waals surface area contributed by atoms with Crippen LogP contribution in [-0.2, 0) is 0 Å². The van der Waals surface area contributed by atoms with Gasteiger partial charge in [0, 0.05) is 6.04 Å². The maximum absolute atomic E-state index is 5.73. The maximum Gasteiger partial charge on any atom is 0.119 e. The fourth-order valence-corrected chi connectivity index (χ4v) is 2.07. The van der Waals surface area contributed by atoms with E-state index in [1.807, 2.05) is 12.1 Å². The highest BCUT2D eigenvalue weighted by molar-refractivity contribution is 5.27. The first-order valence-corrected chi connectivity index (χ1v) is 7.27. The summed E-state index contributed by atoms with van der Waals surface area (Å²) in [6, 6.07) is 9.13. The average Bonchev–Trinajstić information content (AvgIpc) is 3.17. The molecule has 0 spiro atoms. The molecule has 2 rings (SSSR count). The van der Waals surface area contributed by atoms with Crippen LogP contribution in [0.25, 0.3) is 0 Å². The topological polar surface area (TPSA) is 21.3 Å². The third kappa shape index (κ3) is 5.54. The Bertz CT molecular complexity index is 347. The van der Waals surface area contributed by atoms with Crippen molar-refractivity contribution in [1.29, 1.82) is 0 Å². The SMILES string of the molecule is Cc1cccc(OCCCCCCNC2CC2)c1. The number of ether oxygens (including phenoxy) is 1. The second-order valence-corrected chi connectivity index (χ2v) is 5.31. The molecule has 1 saturated carbocycles. The largest absolute Gasteiger partial charge is 0.494 e. The predicted octanol–water partition coefficient (Wildman–Crippen LogP) is 3.69. The highest BCUT2D eigenvalue weighted by Gasteiger charge is 2.19. The Hall–Kier alpha value is -1.02. The van der Waals surface area contributed by atoms with E-state index in [4.69, 9.17) is 4.74 Å². The van der Waals surface area contributed by atoms with Gasteiger partial charge in [-0.25, -0.2) is 0 Å². The van der Waals surface area contributed by atoms with Crippen LogP contribution in [-0.4, -0.2) is 19.2 Å². The lowest BCUT2D eigenvalue weighted by Crippen LogP contribution is -2.17. The summed E-state index contributed by atoms with van der Waals surface area (Å²) in [5.41, 5.74) is 1.26. The van der Waals surface area contributed by atoms with Gasteiger partial charge in [0.25, 0.3) is 0 Å². The van der Waals surface area contributed by atoms with Crippen molar-refractivity contribution in [1.82, 2.24) is 5.32 Å². The average molecular weight is 247 g/mol. The van der Waals surface area contributed by atoms with Gasteiger partial charge in [-0.15, -0.1) is 0 Å². The summed E-state index contributed by atoms with van der Waals surface area (Å²) < 4.78 is 5.73. The van der Waals surface area contributed by atoms with E-state index in [0.29, 0.717) is 0 Å². The van der Waals surface area contributed by atoms with Crippen LogP contribution in [0.5, 0.6) is 5.75 Å². The number of hydrogen-bond acceptors (Lipinski definition) is 2. The standard InChI is InChI=1S/C16H25NO/c1-14-7-6-8-16(13-14)18-12-5-3-2-4-11-17-15-9-10-15/h6-8,13,15,17H,2-5,9-12H2,1H3. The van der Waals surface area contributed by atoms with Gasteiger partial charge in [0.15, 0.2) is 0 Å². The van der Waals surface area contributed by atoms with Gasteiger partial charge in [0.2, 0.25) is 0 Å². The van der Waals surface area contributed by atoms with E-state index >= 15 is 0 Å². The van der Waals surface area contributed by atoms with Crippen molar-refractivity contribution in [2.75, 3.05) is 13.2 Å². The zero-order valence-electron chi connectivity index (χ0n) is 11.5. The Morgan fingerprint density at radius 1 is 1.17 bits per heavy atom. The van der Waals surface area contributed by atoms with Crippen molar-refractivity contribution in [3.63, 3.8) is 0 Å². The van der Waals surface area contributed by atoms with Gasteiger partial charge in [-0.2, -0.15) is 0 Å². The van der Waals surface area contributed by atoms with Gasteiger partial charge in [-0.1, -0.05) is 25.0 Å². The number of aryl methyl sites for hydroxylation is 1. The van der Waals surface area contributed by atoms with Crippen molar-refractivity contribution in [3.8, 4) is 5.75 Å². The van der Waals surface area contributed by atoms with Crippen LogP contribution in [0.4, 0.5) is 0 Å². The number of rotatable bonds is 9. The lowest BCUT2D eigenvalue weighted by atomic mass is 10.2. The van der Waals surface area contributed by atoms with E-state index < -0.39 is 0 Å². The summed E-state index contributed by atoms with van der Waals surface area (Å²) >= 11 is 0. The first-order chi connectivity index (χ1) is 8.84. The molecule has 0 heterocycles. The first-order valence-electron chi connectivity index (χ1n) is 7.27. The van der Waals surface area contributed by atoms with Crippen molar-refractivity contribution in [2.24, 2.45) is 0 Å². The molecule has 1 aliphatic rings. The van der Waals surface area contributed by atoms with Crippen LogP contribution in [0, 0.1) is 6.92 Å². The third-order valence-corrected chi connectivity index (χ3v) is 3.34. The zero-order chi connectivity index (χ0) is 12.6. The molecule has 100 valence electrons. The molecule has 0 saturated heterocycles. The molecule has 0 atom stereocenters. The predicted molar refractivity (Wildman–Crippen MR) is 76.2 cm³/mol. The molecule has 1 aromatic carbocycles. The Labute approximate surface area is 111 Å². The minimum absolute atomic E-state index is 0.847. The van der Waals surface area contributed by atoms with E-state index in [1.54, 1.807) is 0 Å². The van der Waals surface area contributed by atoms with E-state index in [1.165, 1.54) is 44.2 Å². The highest BCUT2D eigenvalue weighted by Crippen LogP contribution is 2.18. The third-order valence-electron chi connectivity index (χ3n) is 3.34. The number of hydrogen-bond donors (Lipinski definition) is 1. The van der Waals surface area contributed by atoms with E-state index in [9.17, 15) is 0 Å². The monoisotopic (exact) mass is 247 g/mol. The smallest absolute Gasteiger partial charge is 0.119 e. The molecule has 0 bridgehead atoms. The molecule has 0 unspecified atom stereocenters. The summed E-state index contributed by atoms with van der Waals surface area (Å²) in [4.78, 5) is 0. The molecule has 0 aliphatic heterocycles. The summed E-state index contributed by atoms with van der Waals surface area (Å²) in [7, 11) is 0. The van der Waals surface area contributed by atoms with E-state index in [-0.39, 0.29) is 0 Å². The molecule has 1 aromatic rings. The molecule has 2 nitrogen and oxygen atoms in total. The minimum atomic E-state index is 0.847. The Kier molecular flexibility index (Phi) is 5.53. The van der Waals surface area contributed by atoms with Crippen LogP contribution < -0.4 is 10.1 Å². The molecule has 0 radical (unpaired) electrons. The summed E-state index contributed by atoms with van der Waals surface area (Å²) in [6.07, 6.45) is 7.85. The number of nitrogens with one attached hydrogen (secondary N) is 1. The van der Waals surface area contributed by atoms with Gasteiger partial charge in [0.05, 0.1) is 6.61 Å².